The molecule has 88 valence electrons. The van der Waals surface area contributed by atoms with Crippen LogP contribution < -0.4 is 16.4 Å². The minimum atomic E-state index is -0.270. The SMILES string of the molecule is NCCCN(CCC(N)=O)c1ccccc1. The Bertz CT molecular complexity index is 313. The Morgan fingerprint density at radius 1 is 1.19 bits per heavy atom. The van der Waals surface area contributed by atoms with Crippen molar-refractivity contribution in [3.05, 3.63) is 30.3 Å². The second-order valence-corrected chi connectivity index (χ2v) is 3.68. The number of nitrogens with zero attached hydrogens (tertiary/aromatic N) is 1. The van der Waals surface area contributed by atoms with Crippen LogP contribution in [0.15, 0.2) is 30.3 Å². The third-order valence-electron chi connectivity index (χ3n) is 2.38. The van der Waals surface area contributed by atoms with Gasteiger partial charge in [0.15, 0.2) is 0 Å². The van der Waals surface area contributed by atoms with Crippen LogP contribution in [0.3, 0.4) is 0 Å². The largest absolute Gasteiger partial charge is 0.371 e. The van der Waals surface area contributed by atoms with E-state index >= 15 is 0 Å². The molecule has 0 heterocycles. The van der Waals surface area contributed by atoms with Gasteiger partial charge in [0.1, 0.15) is 0 Å². The first kappa shape index (κ1) is 12.5. The van der Waals surface area contributed by atoms with E-state index in [1.54, 1.807) is 0 Å². The Kier molecular flexibility index (Phi) is 5.36. The van der Waals surface area contributed by atoms with Crippen molar-refractivity contribution >= 4 is 11.6 Å². The van der Waals surface area contributed by atoms with E-state index < -0.39 is 0 Å². The number of hydrogen-bond acceptors (Lipinski definition) is 3. The number of rotatable bonds is 7. The van der Waals surface area contributed by atoms with Crippen LogP contribution in [0.25, 0.3) is 0 Å². The molecule has 4 N–H and O–H groups in total. The number of primary amides is 1. The highest BCUT2D eigenvalue weighted by atomic mass is 16.1. The number of carbonyl (C=O) groups excluding carboxylic acids is 1. The summed E-state index contributed by atoms with van der Waals surface area (Å²) in [6.07, 6.45) is 1.28. The lowest BCUT2D eigenvalue weighted by molar-refractivity contribution is -0.117. The molecule has 1 aromatic carbocycles. The van der Waals surface area contributed by atoms with Crippen molar-refractivity contribution < 1.29 is 4.79 Å². The van der Waals surface area contributed by atoms with Crippen LogP contribution in [0.5, 0.6) is 0 Å². The molecule has 0 aliphatic carbocycles. The molecule has 0 atom stereocenters. The minimum Gasteiger partial charge on any atom is -0.371 e. The number of nitrogens with two attached hydrogens (primary N) is 2. The highest BCUT2D eigenvalue weighted by Gasteiger charge is 2.06. The first-order valence-corrected chi connectivity index (χ1v) is 5.52. The van der Waals surface area contributed by atoms with Gasteiger partial charge in [-0.25, -0.2) is 0 Å². The van der Waals surface area contributed by atoms with E-state index in [0.29, 0.717) is 19.5 Å². The van der Waals surface area contributed by atoms with Gasteiger partial charge in [-0.05, 0) is 25.1 Å². The van der Waals surface area contributed by atoms with E-state index in [1.165, 1.54) is 0 Å². The van der Waals surface area contributed by atoms with Gasteiger partial charge in [0.2, 0.25) is 5.91 Å². The highest BCUT2D eigenvalue weighted by Crippen LogP contribution is 2.13. The predicted octanol–water partition coefficient (Wildman–Crippen LogP) is 0.717. The summed E-state index contributed by atoms with van der Waals surface area (Å²) < 4.78 is 0. The maximum atomic E-state index is 10.8. The molecule has 0 spiro atoms. The molecule has 0 aromatic heterocycles. The van der Waals surface area contributed by atoms with Crippen molar-refractivity contribution in [1.82, 2.24) is 0 Å². The van der Waals surface area contributed by atoms with Crippen LogP contribution >= 0.6 is 0 Å². The quantitative estimate of drug-likeness (QED) is 0.712. The van der Waals surface area contributed by atoms with E-state index in [9.17, 15) is 4.79 Å². The van der Waals surface area contributed by atoms with Gasteiger partial charge in [-0.2, -0.15) is 0 Å². The van der Waals surface area contributed by atoms with Crippen LogP contribution in [0, 0.1) is 0 Å². The second-order valence-electron chi connectivity index (χ2n) is 3.68. The fourth-order valence-corrected chi connectivity index (χ4v) is 1.54. The molecule has 0 saturated carbocycles. The second kappa shape index (κ2) is 6.85. The maximum Gasteiger partial charge on any atom is 0.219 e. The molecule has 4 heteroatoms. The van der Waals surface area contributed by atoms with Gasteiger partial charge >= 0.3 is 0 Å². The molecule has 0 bridgehead atoms. The third-order valence-corrected chi connectivity index (χ3v) is 2.38. The van der Waals surface area contributed by atoms with Crippen LogP contribution in [-0.4, -0.2) is 25.5 Å². The van der Waals surface area contributed by atoms with E-state index in [0.717, 1.165) is 18.7 Å². The molecule has 4 nitrogen and oxygen atoms in total. The molecule has 0 saturated heterocycles. The predicted molar refractivity (Wildman–Crippen MR) is 66.1 cm³/mol. The maximum absolute atomic E-state index is 10.8. The van der Waals surface area contributed by atoms with E-state index in [2.05, 4.69) is 4.90 Å². The van der Waals surface area contributed by atoms with Crippen molar-refractivity contribution in [2.45, 2.75) is 12.8 Å². The van der Waals surface area contributed by atoms with Gasteiger partial charge < -0.3 is 16.4 Å². The number of carbonyl (C=O) groups is 1. The van der Waals surface area contributed by atoms with Gasteiger partial charge in [-0.3, -0.25) is 4.79 Å². The molecular formula is C12H19N3O. The average Bonchev–Trinajstić information content (AvgIpc) is 2.30. The monoisotopic (exact) mass is 221 g/mol. The molecule has 1 amide bonds. The standard InChI is InChI=1S/C12H19N3O/c13-8-4-9-15(10-7-12(14)16)11-5-2-1-3-6-11/h1-3,5-6H,4,7-10,13H2,(H2,14,16). The van der Waals surface area contributed by atoms with Crippen molar-refractivity contribution in [3.63, 3.8) is 0 Å². The van der Waals surface area contributed by atoms with E-state index in [-0.39, 0.29) is 5.91 Å². The van der Waals surface area contributed by atoms with Crippen LogP contribution in [-0.2, 0) is 4.79 Å². The average molecular weight is 221 g/mol. The molecule has 0 aliphatic rings. The van der Waals surface area contributed by atoms with E-state index in [1.807, 2.05) is 30.3 Å². The molecule has 1 rings (SSSR count). The molecule has 0 unspecified atom stereocenters. The summed E-state index contributed by atoms with van der Waals surface area (Å²) in [6.45, 7) is 2.16. The number of para-hydroxylation sites is 1. The molecule has 0 fully saturated rings. The summed E-state index contributed by atoms with van der Waals surface area (Å²) in [4.78, 5) is 12.9. The molecule has 1 aromatic rings. The van der Waals surface area contributed by atoms with Crippen molar-refractivity contribution in [2.75, 3.05) is 24.5 Å². The summed E-state index contributed by atoms with van der Waals surface area (Å²) in [7, 11) is 0. The first-order valence-electron chi connectivity index (χ1n) is 5.52. The first-order chi connectivity index (χ1) is 7.74. The van der Waals surface area contributed by atoms with Gasteiger partial charge in [-0.1, -0.05) is 18.2 Å². The number of hydrogen-bond donors (Lipinski definition) is 2. The lowest BCUT2D eigenvalue weighted by atomic mass is 10.2. The van der Waals surface area contributed by atoms with Crippen molar-refractivity contribution in [3.8, 4) is 0 Å². The fourth-order valence-electron chi connectivity index (χ4n) is 1.54. The lowest BCUT2D eigenvalue weighted by Gasteiger charge is -2.24. The van der Waals surface area contributed by atoms with Crippen molar-refractivity contribution in [2.24, 2.45) is 11.5 Å². The third kappa shape index (κ3) is 4.31. The van der Waals surface area contributed by atoms with Crippen LogP contribution in [0.2, 0.25) is 0 Å². The van der Waals surface area contributed by atoms with Gasteiger partial charge in [-0.15, -0.1) is 0 Å². The normalized spacial score (nSPS) is 10.1. The molecule has 16 heavy (non-hydrogen) atoms. The summed E-state index contributed by atoms with van der Waals surface area (Å²) in [5, 5.41) is 0. The zero-order valence-corrected chi connectivity index (χ0v) is 9.43. The van der Waals surface area contributed by atoms with Gasteiger partial charge in [0, 0.05) is 25.2 Å². The summed E-state index contributed by atoms with van der Waals surface area (Å²) in [5.41, 5.74) is 11.8. The highest BCUT2D eigenvalue weighted by molar-refractivity contribution is 5.74. The number of benzene rings is 1. The fraction of sp³-hybridized carbons (Fsp3) is 0.417. The molecule has 0 aliphatic heterocycles. The Hall–Kier alpha value is -1.55. The zero-order valence-electron chi connectivity index (χ0n) is 9.43. The molecule has 0 radical (unpaired) electrons. The minimum absolute atomic E-state index is 0.270. The van der Waals surface area contributed by atoms with Crippen LogP contribution in [0.4, 0.5) is 5.69 Å². The van der Waals surface area contributed by atoms with Gasteiger partial charge in [0.05, 0.1) is 0 Å². The Balaban J connectivity index is 2.59. The smallest absolute Gasteiger partial charge is 0.219 e. The van der Waals surface area contributed by atoms with E-state index in [4.69, 9.17) is 11.5 Å². The summed E-state index contributed by atoms with van der Waals surface area (Å²) in [6, 6.07) is 9.98. The summed E-state index contributed by atoms with van der Waals surface area (Å²) in [5.74, 6) is -0.270. The van der Waals surface area contributed by atoms with Crippen LogP contribution in [0.1, 0.15) is 12.8 Å². The number of amides is 1. The lowest BCUT2D eigenvalue weighted by Crippen LogP contribution is -2.30. The van der Waals surface area contributed by atoms with Gasteiger partial charge in [0.25, 0.3) is 0 Å². The Morgan fingerprint density at radius 2 is 1.88 bits per heavy atom. The Morgan fingerprint density at radius 3 is 2.44 bits per heavy atom. The van der Waals surface area contributed by atoms with Crippen molar-refractivity contribution in [1.29, 1.82) is 0 Å². The zero-order chi connectivity index (χ0) is 11.8. The Labute approximate surface area is 96.2 Å². The molecular weight excluding hydrogens is 202 g/mol. The number of anilines is 1. The summed E-state index contributed by atoms with van der Waals surface area (Å²) >= 11 is 0. The topological polar surface area (TPSA) is 72.3 Å².